The van der Waals surface area contributed by atoms with E-state index in [1.165, 1.54) is 23.9 Å². The molecule has 3 N–H and O–H groups in total. The van der Waals surface area contributed by atoms with Crippen molar-refractivity contribution in [1.82, 2.24) is 14.3 Å². The molecule has 4 rings (SSSR count). The molecule has 0 spiro atoms. The number of hydrogen-bond donors (Lipinski definition) is 2. The van der Waals surface area contributed by atoms with Crippen molar-refractivity contribution in [2.75, 3.05) is 5.73 Å². The highest BCUT2D eigenvalue weighted by Crippen LogP contribution is 2.43. The lowest BCUT2D eigenvalue weighted by Gasteiger charge is -2.07. The third kappa shape index (κ3) is 3.42. The summed E-state index contributed by atoms with van der Waals surface area (Å²) in [6.07, 6.45) is 3.41. The number of benzene rings is 2. The Morgan fingerprint density at radius 2 is 2.07 bits per heavy atom. The van der Waals surface area contributed by atoms with Crippen LogP contribution in [-0.2, 0) is 0 Å². The van der Waals surface area contributed by atoms with Gasteiger partial charge >= 0.3 is 5.97 Å². The summed E-state index contributed by atoms with van der Waals surface area (Å²) in [5.74, 6) is -1.28. The van der Waals surface area contributed by atoms with Crippen LogP contribution in [0.3, 0.4) is 0 Å². The number of aromatic carboxylic acids is 1. The largest absolute Gasteiger partial charge is 0.478 e. The maximum atomic E-state index is 15.1. The first kappa shape index (κ1) is 20.3. The third-order valence-corrected chi connectivity index (χ3v) is 6.10. The molecule has 0 atom stereocenters. The minimum Gasteiger partial charge on any atom is -0.478 e. The van der Waals surface area contributed by atoms with Gasteiger partial charge in [-0.3, -0.25) is 9.25 Å². The first-order chi connectivity index (χ1) is 14.3. The number of nitrogens with two attached hydrogens (primary N) is 1. The molecule has 154 valence electrons. The van der Waals surface area contributed by atoms with Crippen LogP contribution in [0.2, 0.25) is 5.02 Å². The molecule has 4 aromatic rings. The highest BCUT2D eigenvalue weighted by Gasteiger charge is 2.23. The number of hydrogen-bond acceptors (Lipinski definition) is 4. The topological polar surface area (TPSA) is 86.1 Å². The number of nitrogen functional groups attached to an aromatic ring is 1. The van der Waals surface area contributed by atoms with Crippen LogP contribution in [0, 0.1) is 5.82 Å². The number of nitrogens with zero attached hydrogens (tertiary/aromatic N) is 3. The molecular weight excluding hydrogens is 427 g/mol. The summed E-state index contributed by atoms with van der Waals surface area (Å²) in [6, 6.07) is 9.83. The van der Waals surface area contributed by atoms with E-state index in [0.717, 1.165) is 0 Å². The quantitative estimate of drug-likeness (QED) is 0.416. The Morgan fingerprint density at radius 1 is 1.30 bits per heavy atom. The first-order valence-electron chi connectivity index (χ1n) is 9.11. The van der Waals surface area contributed by atoms with Gasteiger partial charge in [-0.05, 0) is 44.2 Å². The predicted octanol–water partition coefficient (Wildman–Crippen LogP) is 5.63. The number of halogens is 2. The average Bonchev–Trinajstić information content (AvgIpc) is 3.29. The van der Waals surface area contributed by atoms with Crippen LogP contribution in [0.25, 0.3) is 16.6 Å². The highest BCUT2D eigenvalue weighted by atomic mass is 35.5. The van der Waals surface area contributed by atoms with E-state index in [1.54, 1.807) is 45.9 Å². The fourth-order valence-electron chi connectivity index (χ4n) is 3.21. The maximum Gasteiger partial charge on any atom is 0.335 e. The molecule has 2 aromatic carbocycles. The molecular formula is C21H18ClFN4O2S. The van der Waals surface area contributed by atoms with Gasteiger partial charge in [-0.2, -0.15) is 5.10 Å². The molecule has 30 heavy (non-hydrogen) atoms. The van der Waals surface area contributed by atoms with Crippen molar-refractivity contribution in [2.24, 2.45) is 0 Å². The number of carbonyl (C=O) groups is 1. The van der Waals surface area contributed by atoms with E-state index in [1.807, 2.05) is 13.8 Å². The zero-order valence-corrected chi connectivity index (χ0v) is 17.7. The smallest absolute Gasteiger partial charge is 0.335 e. The number of carboxylic acid groups (broad SMARTS) is 1. The number of anilines is 1. The minimum absolute atomic E-state index is 0.0121. The van der Waals surface area contributed by atoms with Gasteiger partial charge in [0.15, 0.2) is 5.82 Å². The van der Waals surface area contributed by atoms with Crippen LogP contribution < -0.4 is 5.73 Å². The molecule has 6 nitrogen and oxygen atoms in total. The van der Waals surface area contributed by atoms with E-state index in [-0.39, 0.29) is 22.1 Å². The van der Waals surface area contributed by atoms with Crippen molar-refractivity contribution in [1.29, 1.82) is 0 Å². The van der Waals surface area contributed by atoms with Gasteiger partial charge in [-0.25, -0.2) is 9.18 Å². The Kier molecular flexibility index (Phi) is 5.21. The van der Waals surface area contributed by atoms with Gasteiger partial charge in [0.2, 0.25) is 0 Å². The van der Waals surface area contributed by atoms with Crippen molar-refractivity contribution in [3.63, 3.8) is 0 Å². The Bertz CT molecular complexity index is 1280. The lowest BCUT2D eigenvalue weighted by atomic mass is 10.2. The first-order valence-corrected chi connectivity index (χ1v) is 10.3. The third-order valence-electron chi connectivity index (χ3n) is 4.69. The molecule has 0 radical (unpaired) electrons. The zero-order valence-electron chi connectivity index (χ0n) is 16.1. The fourth-order valence-corrected chi connectivity index (χ4v) is 4.40. The van der Waals surface area contributed by atoms with Crippen LogP contribution in [0.15, 0.2) is 58.6 Å². The van der Waals surface area contributed by atoms with Crippen LogP contribution in [0.5, 0.6) is 0 Å². The number of fused-ring (bicyclic) bond motifs is 1. The van der Waals surface area contributed by atoms with E-state index in [0.29, 0.717) is 26.7 Å². The number of carboxylic acids is 1. The molecule has 0 amide bonds. The standard InChI is InChI=1S/C21H18ClFN4O2S/c1-11(2)26-10-13(9-25-26)27-18-15(6-7-16(22)17(18)23)19(20(27)24)30-14-5-3-4-12(8-14)21(28)29/h3-11H,24H2,1-2H3,(H,28,29). The minimum atomic E-state index is -1.02. The second kappa shape index (κ2) is 7.70. The van der Waals surface area contributed by atoms with Crippen molar-refractivity contribution in [3.8, 4) is 5.69 Å². The van der Waals surface area contributed by atoms with Gasteiger partial charge in [-0.1, -0.05) is 29.4 Å². The van der Waals surface area contributed by atoms with E-state index in [2.05, 4.69) is 5.10 Å². The summed E-state index contributed by atoms with van der Waals surface area (Å²) < 4.78 is 18.4. The molecule has 2 heterocycles. The Labute approximate surface area is 181 Å². The lowest BCUT2D eigenvalue weighted by molar-refractivity contribution is 0.0696. The van der Waals surface area contributed by atoms with Crippen molar-refractivity contribution < 1.29 is 14.3 Å². The number of rotatable bonds is 5. The van der Waals surface area contributed by atoms with Crippen molar-refractivity contribution >= 4 is 46.1 Å². The highest BCUT2D eigenvalue weighted by molar-refractivity contribution is 7.99. The van der Waals surface area contributed by atoms with Gasteiger partial charge in [0.25, 0.3) is 0 Å². The second-order valence-electron chi connectivity index (χ2n) is 7.01. The van der Waals surface area contributed by atoms with Gasteiger partial charge in [0.05, 0.1) is 32.9 Å². The fraction of sp³-hybridized carbons (Fsp3) is 0.143. The SMILES string of the molecule is CC(C)n1cc(-n2c(N)c(Sc3cccc(C(=O)O)c3)c3ccc(Cl)c(F)c32)cn1. The predicted molar refractivity (Wildman–Crippen MR) is 116 cm³/mol. The van der Waals surface area contributed by atoms with E-state index >= 15 is 4.39 Å². The number of aromatic nitrogens is 3. The zero-order chi connectivity index (χ0) is 21.6. The normalized spacial score (nSPS) is 11.5. The molecule has 0 aliphatic rings. The Hall–Kier alpha value is -2.97. The van der Waals surface area contributed by atoms with Crippen LogP contribution in [0.4, 0.5) is 10.2 Å². The van der Waals surface area contributed by atoms with E-state index in [9.17, 15) is 9.90 Å². The Balaban J connectivity index is 1.93. The van der Waals surface area contributed by atoms with Crippen LogP contribution in [0.1, 0.15) is 30.2 Å². The summed E-state index contributed by atoms with van der Waals surface area (Å²) >= 11 is 7.33. The molecule has 0 saturated carbocycles. The summed E-state index contributed by atoms with van der Waals surface area (Å²) in [5.41, 5.74) is 7.50. The summed E-state index contributed by atoms with van der Waals surface area (Å²) in [7, 11) is 0. The van der Waals surface area contributed by atoms with Crippen molar-refractivity contribution in [2.45, 2.75) is 29.7 Å². The molecule has 0 bridgehead atoms. The van der Waals surface area contributed by atoms with Gasteiger partial charge in [-0.15, -0.1) is 0 Å². The maximum absolute atomic E-state index is 15.1. The van der Waals surface area contributed by atoms with Crippen LogP contribution in [-0.4, -0.2) is 25.4 Å². The second-order valence-corrected chi connectivity index (χ2v) is 8.51. The van der Waals surface area contributed by atoms with E-state index < -0.39 is 11.8 Å². The monoisotopic (exact) mass is 444 g/mol. The lowest BCUT2D eigenvalue weighted by Crippen LogP contribution is -2.02. The molecule has 9 heteroatoms. The summed E-state index contributed by atoms with van der Waals surface area (Å²) in [4.78, 5) is 12.6. The molecule has 0 saturated heterocycles. The van der Waals surface area contributed by atoms with Crippen molar-refractivity contribution in [3.05, 3.63) is 65.2 Å². The molecule has 0 unspecified atom stereocenters. The average molecular weight is 445 g/mol. The summed E-state index contributed by atoms with van der Waals surface area (Å²) in [6.45, 7) is 3.98. The molecule has 0 aliphatic carbocycles. The van der Waals surface area contributed by atoms with Crippen LogP contribution >= 0.6 is 23.4 Å². The Morgan fingerprint density at radius 3 is 2.73 bits per heavy atom. The molecule has 0 aliphatic heterocycles. The molecule has 0 fully saturated rings. The molecule has 2 aromatic heterocycles. The van der Waals surface area contributed by atoms with Gasteiger partial charge < -0.3 is 10.8 Å². The summed E-state index contributed by atoms with van der Waals surface area (Å²) in [5, 5.41) is 14.2. The van der Waals surface area contributed by atoms with Gasteiger partial charge in [0, 0.05) is 22.5 Å². The van der Waals surface area contributed by atoms with E-state index in [4.69, 9.17) is 17.3 Å². The van der Waals surface area contributed by atoms with Gasteiger partial charge in [0.1, 0.15) is 5.82 Å².